The lowest BCUT2D eigenvalue weighted by molar-refractivity contribution is 0.101. The Hall–Kier alpha value is -3.91. The maximum absolute atomic E-state index is 14.1. The number of piperidine rings is 1. The zero-order valence-electron chi connectivity index (χ0n) is 20.5. The maximum atomic E-state index is 14.1. The van der Waals surface area contributed by atoms with Gasteiger partial charge < -0.3 is 15.5 Å². The number of nitrogens with zero attached hydrogens (tertiary/aromatic N) is 3. The van der Waals surface area contributed by atoms with E-state index in [9.17, 15) is 13.6 Å². The molecule has 37 heavy (non-hydrogen) atoms. The fourth-order valence-corrected chi connectivity index (χ4v) is 4.84. The summed E-state index contributed by atoms with van der Waals surface area (Å²) in [5.41, 5.74) is 1.65. The molecule has 4 aromatic rings. The summed E-state index contributed by atoms with van der Waals surface area (Å²) in [7, 11) is 0. The lowest BCUT2D eigenvalue weighted by Gasteiger charge is -2.29. The first-order chi connectivity index (χ1) is 18.1. The van der Waals surface area contributed by atoms with E-state index in [1.807, 2.05) is 42.5 Å². The number of halogens is 2. The summed E-state index contributed by atoms with van der Waals surface area (Å²) in [5.74, 6) is -1.89. The number of fused-ring (bicyclic) bond motifs is 1. The summed E-state index contributed by atoms with van der Waals surface area (Å²) in [6, 6.07) is 18.5. The van der Waals surface area contributed by atoms with Gasteiger partial charge in [0, 0.05) is 17.6 Å². The highest BCUT2D eigenvalue weighted by Gasteiger charge is 2.20. The van der Waals surface area contributed by atoms with Crippen LogP contribution in [0.15, 0.2) is 73.1 Å². The van der Waals surface area contributed by atoms with E-state index < -0.39 is 23.1 Å². The fraction of sp³-hybridized carbons (Fsp3) is 0.276. The Bertz CT molecular complexity index is 1360. The molecule has 0 aliphatic carbocycles. The molecule has 0 saturated carbocycles. The Balaban J connectivity index is 1.41. The number of carbonyl (C=O) groups excluding carboxylic acids is 1. The lowest BCUT2D eigenvalue weighted by Crippen LogP contribution is -2.32. The van der Waals surface area contributed by atoms with Crippen LogP contribution in [0.4, 0.5) is 20.3 Å². The van der Waals surface area contributed by atoms with Gasteiger partial charge in [0.25, 0.3) is 5.91 Å². The van der Waals surface area contributed by atoms with E-state index in [-0.39, 0.29) is 6.04 Å². The Labute approximate surface area is 214 Å². The molecule has 5 rings (SSSR count). The van der Waals surface area contributed by atoms with Gasteiger partial charge in [-0.15, -0.1) is 0 Å². The molecule has 1 saturated heterocycles. The zero-order valence-corrected chi connectivity index (χ0v) is 20.5. The molecule has 1 fully saturated rings. The normalized spacial score (nSPS) is 14.9. The smallest absolute Gasteiger partial charge is 0.261 e. The number of para-hydroxylation sites is 1. The molecule has 1 aliphatic rings. The molecule has 1 aliphatic heterocycles. The van der Waals surface area contributed by atoms with Crippen LogP contribution in [-0.4, -0.2) is 40.4 Å². The minimum Gasteiger partial charge on any atom is -0.363 e. The minimum absolute atomic E-state index is 0.109. The highest BCUT2D eigenvalue weighted by atomic mass is 19.1. The molecule has 1 aromatic heterocycles. The Morgan fingerprint density at radius 2 is 1.68 bits per heavy atom. The van der Waals surface area contributed by atoms with Gasteiger partial charge in [-0.05, 0) is 74.3 Å². The van der Waals surface area contributed by atoms with Crippen LogP contribution in [0.2, 0.25) is 0 Å². The topological polar surface area (TPSA) is 70.2 Å². The van der Waals surface area contributed by atoms with Gasteiger partial charge in [0.15, 0.2) is 0 Å². The molecular formula is C29H29F2N5O. The van der Waals surface area contributed by atoms with Crippen molar-refractivity contribution in [3.05, 3.63) is 95.8 Å². The van der Waals surface area contributed by atoms with Crippen molar-refractivity contribution >= 4 is 28.3 Å². The standard InChI is InChI=1S/C29H29F2N5O/c30-23-11-7-12-24(31)27(23)29(37)34-21-9-6-8-20(18-21)25(14-17-36-15-4-1-5-16-36)35-28-22-10-2-3-13-26(22)32-19-33-28/h2-3,6-13,18-19,25H,1,4-5,14-17H2,(H,34,37)(H,32,33,35). The third-order valence-electron chi connectivity index (χ3n) is 6.77. The summed E-state index contributed by atoms with van der Waals surface area (Å²) >= 11 is 0. The number of anilines is 2. The van der Waals surface area contributed by atoms with Crippen LogP contribution in [-0.2, 0) is 0 Å². The largest absolute Gasteiger partial charge is 0.363 e. The van der Waals surface area contributed by atoms with Gasteiger partial charge in [-0.2, -0.15) is 0 Å². The van der Waals surface area contributed by atoms with Gasteiger partial charge in [-0.1, -0.05) is 36.8 Å². The van der Waals surface area contributed by atoms with Crippen molar-refractivity contribution in [2.45, 2.75) is 31.7 Å². The van der Waals surface area contributed by atoms with Crippen LogP contribution >= 0.6 is 0 Å². The van der Waals surface area contributed by atoms with Gasteiger partial charge >= 0.3 is 0 Å². The highest BCUT2D eigenvalue weighted by Crippen LogP contribution is 2.28. The van der Waals surface area contributed by atoms with Gasteiger partial charge in [0.05, 0.1) is 11.6 Å². The van der Waals surface area contributed by atoms with Gasteiger partial charge in [-0.25, -0.2) is 18.7 Å². The van der Waals surface area contributed by atoms with Crippen LogP contribution in [0.5, 0.6) is 0 Å². The third kappa shape index (κ3) is 5.91. The first-order valence-electron chi connectivity index (χ1n) is 12.6. The quantitative estimate of drug-likeness (QED) is 0.301. The van der Waals surface area contributed by atoms with E-state index >= 15 is 0 Å². The van der Waals surface area contributed by atoms with Crippen LogP contribution < -0.4 is 10.6 Å². The lowest BCUT2D eigenvalue weighted by atomic mass is 10.0. The van der Waals surface area contributed by atoms with Gasteiger partial charge in [-0.3, -0.25) is 4.79 Å². The van der Waals surface area contributed by atoms with E-state index in [0.717, 1.165) is 60.5 Å². The van der Waals surface area contributed by atoms with Crippen LogP contribution in [0.3, 0.4) is 0 Å². The molecular weight excluding hydrogens is 472 g/mol. The van der Waals surface area contributed by atoms with Crippen molar-refractivity contribution < 1.29 is 13.6 Å². The van der Waals surface area contributed by atoms with E-state index in [0.29, 0.717) is 5.69 Å². The summed E-state index contributed by atoms with van der Waals surface area (Å²) in [6.07, 6.45) is 6.06. The zero-order chi connectivity index (χ0) is 25.6. The van der Waals surface area contributed by atoms with Crippen molar-refractivity contribution in [3.8, 4) is 0 Å². The van der Waals surface area contributed by atoms with Crippen LogP contribution in [0, 0.1) is 11.6 Å². The number of benzene rings is 3. The molecule has 6 nitrogen and oxygen atoms in total. The number of aromatic nitrogens is 2. The summed E-state index contributed by atoms with van der Waals surface area (Å²) in [4.78, 5) is 24.0. The van der Waals surface area contributed by atoms with Crippen molar-refractivity contribution in [1.82, 2.24) is 14.9 Å². The predicted molar refractivity (Wildman–Crippen MR) is 142 cm³/mol. The number of amides is 1. The molecule has 1 atom stereocenters. The predicted octanol–water partition coefficient (Wildman–Crippen LogP) is 6.19. The van der Waals surface area contributed by atoms with Crippen LogP contribution in [0.1, 0.15) is 47.6 Å². The summed E-state index contributed by atoms with van der Waals surface area (Å²) < 4.78 is 28.3. The summed E-state index contributed by atoms with van der Waals surface area (Å²) in [5, 5.41) is 7.17. The van der Waals surface area contributed by atoms with E-state index in [2.05, 4.69) is 25.5 Å². The monoisotopic (exact) mass is 501 g/mol. The number of nitrogens with one attached hydrogen (secondary N) is 2. The average Bonchev–Trinajstić information content (AvgIpc) is 2.92. The number of hydrogen-bond acceptors (Lipinski definition) is 5. The van der Waals surface area contributed by atoms with E-state index in [1.54, 1.807) is 12.4 Å². The molecule has 3 aromatic carbocycles. The second kappa shape index (κ2) is 11.4. The molecule has 0 spiro atoms. The van der Waals surface area contributed by atoms with Crippen molar-refractivity contribution in [2.75, 3.05) is 30.3 Å². The first kappa shape index (κ1) is 24.8. The Morgan fingerprint density at radius 3 is 2.49 bits per heavy atom. The Morgan fingerprint density at radius 1 is 0.919 bits per heavy atom. The molecule has 8 heteroatoms. The first-order valence-corrected chi connectivity index (χ1v) is 12.6. The molecule has 0 radical (unpaired) electrons. The van der Waals surface area contributed by atoms with Crippen molar-refractivity contribution in [3.63, 3.8) is 0 Å². The van der Waals surface area contributed by atoms with E-state index in [4.69, 9.17) is 0 Å². The highest BCUT2D eigenvalue weighted by molar-refractivity contribution is 6.04. The molecule has 2 N–H and O–H groups in total. The number of rotatable bonds is 8. The minimum atomic E-state index is -0.898. The molecule has 190 valence electrons. The summed E-state index contributed by atoms with van der Waals surface area (Å²) in [6.45, 7) is 3.10. The van der Waals surface area contributed by atoms with Gasteiger partial charge in [0.1, 0.15) is 29.3 Å². The molecule has 1 amide bonds. The van der Waals surface area contributed by atoms with Crippen molar-refractivity contribution in [1.29, 1.82) is 0 Å². The Kier molecular flexibility index (Phi) is 7.65. The van der Waals surface area contributed by atoms with E-state index in [1.165, 1.54) is 25.3 Å². The molecule has 0 bridgehead atoms. The fourth-order valence-electron chi connectivity index (χ4n) is 4.84. The molecule has 1 unspecified atom stereocenters. The number of hydrogen-bond donors (Lipinski definition) is 2. The van der Waals surface area contributed by atoms with Crippen LogP contribution in [0.25, 0.3) is 10.9 Å². The number of likely N-dealkylation sites (tertiary alicyclic amines) is 1. The third-order valence-corrected chi connectivity index (χ3v) is 6.77. The number of carbonyl (C=O) groups is 1. The average molecular weight is 502 g/mol. The van der Waals surface area contributed by atoms with Gasteiger partial charge in [0.2, 0.25) is 0 Å². The second-order valence-corrected chi connectivity index (χ2v) is 9.30. The maximum Gasteiger partial charge on any atom is 0.261 e. The molecule has 2 heterocycles. The van der Waals surface area contributed by atoms with Crippen molar-refractivity contribution in [2.24, 2.45) is 0 Å². The second-order valence-electron chi connectivity index (χ2n) is 9.30. The SMILES string of the molecule is O=C(Nc1cccc(C(CCN2CCCCC2)Nc2ncnc3ccccc23)c1)c1c(F)cccc1F.